The van der Waals surface area contributed by atoms with E-state index in [-0.39, 0.29) is 5.91 Å². The first-order valence-electron chi connectivity index (χ1n) is 10.6. The summed E-state index contributed by atoms with van der Waals surface area (Å²) in [6.45, 7) is 1.78. The number of nitrogens with one attached hydrogen (secondary N) is 1. The molecule has 0 aliphatic heterocycles. The molecule has 0 atom stereocenters. The number of anilines is 1. The lowest BCUT2D eigenvalue weighted by molar-refractivity contribution is -0.137. The lowest BCUT2D eigenvalue weighted by atomic mass is 9.85. The Kier molecular flexibility index (Phi) is 5.11. The molecule has 1 saturated carbocycles. The Labute approximate surface area is 187 Å². The molecular weight excluding hydrogens is 431 g/mol. The molecule has 1 N–H and O–H groups in total. The third-order valence-corrected chi connectivity index (χ3v) is 6.12. The van der Waals surface area contributed by atoms with E-state index in [0.717, 1.165) is 37.2 Å². The highest BCUT2D eigenvalue weighted by atomic mass is 19.4. The van der Waals surface area contributed by atoms with Crippen molar-refractivity contribution in [3.63, 3.8) is 0 Å². The molecule has 0 unspecified atom stereocenters. The maximum Gasteiger partial charge on any atom is 0.416 e. The van der Waals surface area contributed by atoms with E-state index in [4.69, 9.17) is 0 Å². The number of nitrogens with zero attached hydrogens (tertiary/aromatic N) is 4. The van der Waals surface area contributed by atoms with Gasteiger partial charge < -0.3 is 5.32 Å². The average molecular weight is 451 g/mol. The number of rotatable bonds is 4. The average Bonchev–Trinajstić information content (AvgIpc) is 3.15. The number of amides is 1. The fourth-order valence-electron chi connectivity index (χ4n) is 4.05. The maximum absolute atomic E-state index is 13.0. The van der Waals surface area contributed by atoms with Crippen molar-refractivity contribution < 1.29 is 18.0 Å². The first kappa shape index (κ1) is 21.1. The lowest BCUT2D eigenvalue weighted by Gasteiger charge is -2.23. The predicted octanol–water partition coefficient (Wildman–Crippen LogP) is 5.64. The van der Waals surface area contributed by atoms with E-state index < -0.39 is 11.7 Å². The summed E-state index contributed by atoms with van der Waals surface area (Å²) in [5.41, 5.74) is 2.19. The molecule has 168 valence electrons. The SMILES string of the molecule is Cc1c(C(=O)Nc2cnc3nnc(C4CCC4)n3c2)cccc1-c1ccc(C(F)(F)F)cc1. The zero-order valence-electron chi connectivity index (χ0n) is 17.7. The van der Waals surface area contributed by atoms with Crippen molar-refractivity contribution in [2.24, 2.45) is 0 Å². The molecule has 2 heterocycles. The van der Waals surface area contributed by atoms with Crippen LogP contribution in [0, 0.1) is 6.92 Å². The fraction of sp³-hybridized carbons (Fsp3) is 0.250. The minimum Gasteiger partial charge on any atom is -0.319 e. The van der Waals surface area contributed by atoms with Crippen molar-refractivity contribution in [3.05, 3.63) is 77.4 Å². The standard InChI is InChI=1S/C24H20F3N5O/c1-14-19(15-8-10-17(11-9-15)24(25,26)27)6-3-7-20(14)22(33)29-18-12-28-23-31-30-21(32(23)13-18)16-4-2-5-16/h3,6-13,16H,2,4-5H2,1H3,(H,29,33). The van der Waals surface area contributed by atoms with Crippen LogP contribution in [0.1, 0.15) is 52.5 Å². The molecule has 4 aromatic rings. The number of aromatic nitrogens is 4. The van der Waals surface area contributed by atoms with Gasteiger partial charge in [0.15, 0.2) is 0 Å². The summed E-state index contributed by atoms with van der Waals surface area (Å²) < 4.78 is 40.5. The summed E-state index contributed by atoms with van der Waals surface area (Å²) in [7, 11) is 0. The molecule has 2 aromatic carbocycles. The predicted molar refractivity (Wildman–Crippen MR) is 117 cm³/mol. The Balaban J connectivity index is 1.41. The largest absolute Gasteiger partial charge is 0.416 e. The van der Waals surface area contributed by atoms with Crippen LogP contribution in [0.2, 0.25) is 0 Å². The number of carbonyl (C=O) groups excluding carboxylic acids is 1. The highest BCUT2D eigenvalue weighted by Crippen LogP contribution is 2.35. The van der Waals surface area contributed by atoms with Gasteiger partial charge in [-0.15, -0.1) is 10.2 Å². The Bertz CT molecular complexity index is 1340. The summed E-state index contributed by atoms with van der Waals surface area (Å²) in [5, 5.41) is 11.2. The third-order valence-electron chi connectivity index (χ3n) is 6.12. The maximum atomic E-state index is 13.0. The van der Waals surface area contributed by atoms with E-state index in [0.29, 0.717) is 39.6 Å². The van der Waals surface area contributed by atoms with Gasteiger partial charge in [-0.25, -0.2) is 4.98 Å². The van der Waals surface area contributed by atoms with E-state index in [1.54, 1.807) is 31.3 Å². The van der Waals surface area contributed by atoms with E-state index in [2.05, 4.69) is 20.5 Å². The molecule has 5 rings (SSSR count). The Hall–Kier alpha value is -3.75. The van der Waals surface area contributed by atoms with E-state index in [1.807, 2.05) is 4.40 Å². The molecule has 2 aromatic heterocycles. The summed E-state index contributed by atoms with van der Waals surface area (Å²) >= 11 is 0. The second kappa shape index (κ2) is 7.99. The van der Waals surface area contributed by atoms with Gasteiger partial charge in [0.05, 0.1) is 17.4 Å². The number of benzene rings is 2. The van der Waals surface area contributed by atoms with Crippen molar-refractivity contribution in [3.8, 4) is 11.1 Å². The van der Waals surface area contributed by atoms with Crippen LogP contribution < -0.4 is 5.32 Å². The van der Waals surface area contributed by atoms with Crippen LogP contribution in [0.15, 0.2) is 54.9 Å². The lowest BCUT2D eigenvalue weighted by Crippen LogP contribution is -2.16. The zero-order chi connectivity index (χ0) is 23.2. The van der Waals surface area contributed by atoms with Crippen molar-refractivity contribution in [1.29, 1.82) is 0 Å². The van der Waals surface area contributed by atoms with Gasteiger partial charge in [0.2, 0.25) is 0 Å². The minimum atomic E-state index is -4.40. The van der Waals surface area contributed by atoms with Gasteiger partial charge in [0.25, 0.3) is 11.7 Å². The highest BCUT2D eigenvalue weighted by molar-refractivity contribution is 6.06. The highest BCUT2D eigenvalue weighted by Gasteiger charge is 2.30. The van der Waals surface area contributed by atoms with Gasteiger partial charge in [-0.05, 0) is 54.7 Å². The zero-order valence-corrected chi connectivity index (χ0v) is 17.7. The van der Waals surface area contributed by atoms with Gasteiger partial charge in [0, 0.05) is 17.7 Å². The van der Waals surface area contributed by atoms with Gasteiger partial charge in [-0.3, -0.25) is 9.20 Å². The molecule has 1 aliphatic carbocycles. The number of carbonyl (C=O) groups is 1. The number of fused-ring (bicyclic) bond motifs is 1. The van der Waals surface area contributed by atoms with E-state index in [1.165, 1.54) is 18.3 Å². The number of halogens is 3. The van der Waals surface area contributed by atoms with Crippen LogP contribution in [-0.4, -0.2) is 25.5 Å². The van der Waals surface area contributed by atoms with Crippen LogP contribution in [-0.2, 0) is 6.18 Å². The minimum absolute atomic E-state index is 0.333. The van der Waals surface area contributed by atoms with Gasteiger partial charge >= 0.3 is 6.18 Å². The Morgan fingerprint density at radius 1 is 1.09 bits per heavy atom. The van der Waals surface area contributed by atoms with Crippen molar-refractivity contribution >= 4 is 17.4 Å². The number of alkyl halides is 3. The molecule has 6 nitrogen and oxygen atoms in total. The molecule has 0 saturated heterocycles. The first-order valence-corrected chi connectivity index (χ1v) is 10.6. The van der Waals surface area contributed by atoms with E-state index >= 15 is 0 Å². The molecule has 1 amide bonds. The van der Waals surface area contributed by atoms with Crippen LogP contribution in [0.25, 0.3) is 16.9 Å². The number of hydrogen-bond acceptors (Lipinski definition) is 4. The molecule has 1 aliphatic rings. The molecule has 0 spiro atoms. The Morgan fingerprint density at radius 2 is 1.85 bits per heavy atom. The molecule has 9 heteroatoms. The Morgan fingerprint density at radius 3 is 2.52 bits per heavy atom. The quantitative estimate of drug-likeness (QED) is 0.436. The summed E-state index contributed by atoms with van der Waals surface area (Å²) in [4.78, 5) is 17.3. The normalized spacial score (nSPS) is 14.3. The second-order valence-corrected chi connectivity index (χ2v) is 8.21. The second-order valence-electron chi connectivity index (χ2n) is 8.21. The molecule has 0 radical (unpaired) electrons. The van der Waals surface area contributed by atoms with Crippen LogP contribution in [0.3, 0.4) is 0 Å². The van der Waals surface area contributed by atoms with Gasteiger partial charge in [-0.2, -0.15) is 13.2 Å². The van der Waals surface area contributed by atoms with Gasteiger partial charge in [-0.1, -0.05) is 30.7 Å². The molecular formula is C24H20F3N5O. The summed E-state index contributed by atoms with van der Waals surface area (Å²) in [6.07, 6.45) is 2.19. The van der Waals surface area contributed by atoms with Crippen molar-refractivity contribution in [2.75, 3.05) is 5.32 Å². The van der Waals surface area contributed by atoms with Crippen LogP contribution >= 0.6 is 0 Å². The summed E-state index contributed by atoms with van der Waals surface area (Å²) in [6, 6.07) is 10.1. The molecule has 0 bridgehead atoms. The molecule has 1 fully saturated rings. The van der Waals surface area contributed by atoms with Crippen molar-refractivity contribution in [2.45, 2.75) is 38.3 Å². The van der Waals surface area contributed by atoms with Crippen LogP contribution in [0.4, 0.5) is 18.9 Å². The number of hydrogen-bond donors (Lipinski definition) is 1. The third kappa shape index (κ3) is 3.94. The molecule has 33 heavy (non-hydrogen) atoms. The monoisotopic (exact) mass is 451 g/mol. The van der Waals surface area contributed by atoms with Gasteiger partial charge in [0.1, 0.15) is 5.82 Å². The summed E-state index contributed by atoms with van der Waals surface area (Å²) in [5.74, 6) is 1.35. The first-order chi connectivity index (χ1) is 15.8. The van der Waals surface area contributed by atoms with Crippen LogP contribution in [0.5, 0.6) is 0 Å². The smallest absolute Gasteiger partial charge is 0.319 e. The fourth-order valence-corrected chi connectivity index (χ4v) is 4.05. The topological polar surface area (TPSA) is 72.2 Å². The van der Waals surface area contributed by atoms with Crippen molar-refractivity contribution in [1.82, 2.24) is 19.6 Å². The van der Waals surface area contributed by atoms with E-state index in [9.17, 15) is 18.0 Å².